The lowest BCUT2D eigenvalue weighted by atomic mass is 9.82. The Morgan fingerprint density at radius 1 is 1.24 bits per heavy atom. The molecule has 2 N–H and O–H groups in total. The number of hydrogen-bond acceptors (Lipinski definition) is 3. The van der Waals surface area contributed by atoms with Crippen LogP contribution in [0.1, 0.15) is 36.8 Å². The van der Waals surface area contributed by atoms with E-state index in [1.54, 1.807) is 25.1 Å². The van der Waals surface area contributed by atoms with Gasteiger partial charge in [0.2, 0.25) is 5.91 Å². The molecule has 1 aliphatic carbocycles. The van der Waals surface area contributed by atoms with E-state index in [2.05, 4.69) is 16.7 Å². The summed E-state index contributed by atoms with van der Waals surface area (Å²) >= 11 is 0. The number of carbonyl (C=O) groups is 2. The van der Waals surface area contributed by atoms with Gasteiger partial charge in [-0.05, 0) is 55.5 Å². The predicted molar refractivity (Wildman–Crippen MR) is 95.9 cm³/mol. The third kappa shape index (κ3) is 2.97. The van der Waals surface area contributed by atoms with Crippen molar-refractivity contribution in [2.24, 2.45) is 0 Å². The van der Waals surface area contributed by atoms with Crippen molar-refractivity contribution in [3.8, 4) is 5.75 Å². The number of nitrogens with one attached hydrogen (secondary N) is 2. The molecule has 0 saturated heterocycles. The molecule has 0 aromatic heterocycles. The third-order valence-electron chi connectivity index (χ3n) is 4.86. The van der Waals surface area contributed by atoms with Gasteiger partial charge in [-0.2, -0.15) is 0 Å². The zero-order chi connectivity index (χ0) is 17.4. The summed E-state index contributed by atoms with van der Waals surface area (Å²) in [5.41, 5.74) is 3.62. The molecule has 0 spiro atoms. The number of rotatable bonds is 2. The van der Waals surface area contributed by atoms with Gasteiger partial charge >= 0.3 is 0 Å². The fourth-order valence-corrected chi connectivity index (χ4v) is 3.54. The number of aryl methyl sites for hydroxylation is 1. The van der Waals surface area contributed by atoms with E-state index in [9.17, 15) is 9.59 Å². The van der Waals surface area contributed by atoms with Crippen LogP contribution < -0.4 is 15.4 Å². The monoisotopic (exact) mass is 336 g/mol. The van der Waals surface area contributed by atoms with Crippen molar-refractivity contribution in [1.29, 1.82) is 0 Å². The topological polar surface area (TPSA) is 67.4 Å². The standard InChI is InChI=1S/C20H20N2O3/c1-12-19(23)22-17-11-14(9-10-18(17)25-12)21-20(24)16-8-4-6-13-5-2-3-7-15(13)16/h2-3,5,7,9-12,16H,4,6,8H2,1H3,(H,21,24)(H,22,23). The van der Waals surface area contributed by atoms with Crippen LogP contribution in [0.5, 0.6) is 5.75 Å². The molecule has 2 amide bonds. The van der Waals surface area contributed by atoms with Crippen LogP contribution in [0.25, 0.3) is 0 Å². The molecule has 1 heterocycles. The van der Waals surface area contributed by atoms with Crippen molar-refractivity contribution >= 4 is 23.2 Å². The molecule has 0 bridgehead atoms. The van der Waals surface area contributed by atoms with Crippen molar-refractivity contribution < 1.29 is 14.3 Å². The summed E-state index contributed by atoms with van der Waals surface area (Å²) in [4.78, 5) is 24.5. The van der Waals surface area contributed by atoms with Crippen molar-refractivity contribution in [2.45, 2.75) is 38.2 Å². The molecule has 128 valence electrons. The second kappa shape index (κ2) is 6.24. The molecule has 5 nitrogen and oxygen atoms in total. The normalized spacial score (nSPS) is 21.4. The van der Waals surface area contributed by atoms with E-state index in [4.69, 9.17) is 4.74 Å². The maximum atomic E-state index is 12.8. The van der Waals surface area contributed by atoms with Gasteiger partial charge in [-0.25, -0.2) is 0 Å². The molecule has 2 atom stereocenters. The minimum atomic E-state index is -0.508. The third-order valence-corrected chi connectivity index (χ3v) is 4.86. The molecular weight excluding hydrogens is 316 g/mol. The van der Waals surface area contributed by atoms with E-state index in [0.29, 0.717) is 17.1 Å². The van der Waals surface area contributed by atoms with Crippen molar-refractivity contribution in [3.05, 3.63) is 53.6 Å². The number of ether oxygens (including phenoxy) is 1. The highest BCUT2D eigenvalue weighted by molar-refractivity contribution is 6.00. The summed E-state index contributed by atoms with van der Waals surface area (Å²) in [5, 5.41) is 5.79. The average molecular weight is 336 g/mol. The Labute approximate surface area is 146 Å². The minimum Gasteiger partial charge on any atom is -0.479 e. The second-order valence-corrected chi connectivity index (χ2v) is 6.59. The van der Waals surface area contributed by atoms with Crippen LogP contribution in [-0.4, -0.2) is 17.9 Å². The van der Waals surface area contributed by atoms with Crippen LogP contribution in [0.2, 0.25) is 0 Å². The van der Waals surface area contributed by atoms with E-state index < -0.39 is 6.10 Å². The highest BCUT2D eigenvalue weighted by Crippen LogP contribution is 2.35. The van der Waals surface area contributed by atoms with E-state index >= 15 is 0 Å². The Balaban J connectivity index is 1.54. The van der Waals surface area contributed by atoms with Gasteiger partial charge in [-0.15, -0.1) is 0 Å². The second-order valence-electron chi connectivity index (χ2n) is 6.59. The first kappa shape index (κ1) is 15.7. The van der Waals surface area contributed by atoms with Gasteiger partial charge in [-0.1, -0.05) is 24.3 Å². The van der Waals surface area contributed by atoms with Gasteiger partial charge in [0.15, 0.2) is 6.10 Å². The van der Waals surface area contributed by atoms with Gasteiger partial charge in [0.1, 0.15) is 5.75 Å². The first-order valence-electron chi connectivity index (χ1n) is 8.62. The van der Waals surface area contributed by atoms with Gasteiger partial charge in [0.25, 0.3) is 5.91 Å². The molecule has 2 aromatic carbocycles. The van der Waals surface area contributed by atoms with E-state index in [0.717, 1.165) is 24.8 Å². The highest BCUT2D eigenvalue weighted by atomic mass is 16.5. The van der Waals surface area contributed by atoms with Gasteiger partial charge in [0, 0.05) is 5.69 Å². The lowest BCUT2D eigenvalue weighted by Gasteiger charge is -2.26. The molecule has 4 rings (SSSR count). The number of hydrogen-bond donors (Lipinski definition) is 2. The Morgan fingerprint density at radius 3 is 2.96 bits per heavy atom. The van der Waals surface area contributed by atoms with Crippen molar-refractivity contribution in [3.63, 3.8) is 0 Å². The quantitative estimate of drug-likeness (QED) is 0.882. The first-order valence-corrected chi connectivity index (χ1v) is 8.62. The fourth-order valence-electron chi connectivity index (χ4n) is 3.54. The Hall–Kier alpha value is -2.82. The SMILES string of the molecule is CC1Oc2ccc(NC(=O)C3CCCc4ccccc43)cc2NC1=O. The molecular formula is C20H20N2O3. The summed E-state index contributed by atoms with van der Waals surface area (Å²) in [6.07, 6.45) is 2.39. The largest absolute Gasteiger partial charge is 0.479 e. The number of carbonyl (C=O) groups excluding carboxylic acids is 2. The summed E-state index contributed by atoms with van der Waals surface area (Å²) in [5.74, 6) is 0.292. The molecule has 0 fully saturated rings. The van der Waals surface area contributed by atoms with E-state index in [-0.39, 0.29) is 17.7 Å². The smallest absolute Gasteiger partial charge is 0.265 e. The number of benzene rings is 2. The zero-order valence-corrected chi connectivity index (χ0v) is 14.0. The van der Waals surface area contributed by atoms with E-state index in [1.165, 1.54) is 5.56 Å². The summed E-state index contributed by atoms with van der Waals surface area (Å²) < 4.78 is 5.54. The molecule has 0 saturated carbocycles. The Kier molecular flexibility index (Phi) is 3.92. The number of amides is 2. The van der Waals surface area contributed by atoms with Crippen LogP contribution >= 0.6 is 0 Å². The van der Waals surface area contributed by atoms with Gasteiger partial charge in [0.05, 0.1) is 11.6 Å². The summed E-state index contributed by atoms with van der Waals surface area (Å²) in [7, 11) is 0. The van der Waals surface area contributed by atoms with Crippen LogP contribution in [-0.2, 0) is 16.0 Å². The molecule has 1 aliphatic heterocycles. The maximum absolute atomic E-state index is 12.8. The van der Waals surface area contributed by atoms with E-state index in [1.807, 2.05) is 18.2 Å². The molecule has 2 unspecified atom stereocenters. The van der Waals surface area contributed by atoms with Gasteiger partial charge < -0.3 is 15.4 Å². The summed E-state index contributed by atoms with van der Waals surface area (Å²) in [6.45, 7) is 1.70. The van der Waals surface area contributed by atoms with Crippen LogP contribution in [0.15, 0.2) is 42.5 Å². The highest BCUT2D eigenvalue weighted by Gasteiger charge is 2.27. The molecule has 25 heavy (non-hydrogen) atoms. The molecule has 0 radical (unpaired) electrons. The lowest BCUT2D eigenvalue weighted by Crippen LogP contribution is -2.34. The summed E-state index contributed by atoms with van der Waals surface area (Å²) in [6, 6.07) is 13.5. The zero-order valence-electron chi connectivity index (χ0n) is 14.0. The first-order chi connectivity index (χ1) is 12.1. The lowest BCUT2D eigenvalue weighted by molar-refractivity contribution is -0.122. The average Bonchev–Trinajstić information content (AvgIpc) is 2.62. The van der Waals surface area contributed by atoms with Crippen molar-refractivity contribution in [1.82, 2.24) is 0 Å². The van der Waals surface area contributed by atoms with Crippen LogP contribution in [0.3, 0.4) is 0 Å². The predicted octanol–water partition coefficient (Wildman–Crippen LogP) is 3.46. The molecule has 2 aliphatic rings. The minimum absolute atomic E-state index is 0.0106. The van der Waals surface area contributed by atoms with Crippen LogP contribution in [0.4, 0.5) is 11.4 Å². The number of fused-ring (bicyclic) bond motifs is 2. The number of anilines is 2. The van der Waals surface area contributed by atoms with Crippen LogP contribution in [0, 0.1) is 0 Å². The Bertz CT molecular complexity index is 847. The van der Waals surface area contributed by atoms with Crippen molar-refractivity contribution in [2.75, 3.05) is 10.6 Å². The molecule has 2 aromatic rings. The molecule has 5 heteroatoms. The van der Waals surface area contributed by atoms with Gasteiger partial charge in [-0.3, -0.25) is 9.59 Å². The maximum Gasteiger partial charge on any atom is 0.265 e. The Morgan fingerprint density at radius 2 is 2.08 bits per heavy atom. The fraction of sp³-hybridized carbons (Fsp3) is 0.300.